The van der Waals surface area contributed by atoms with Crippen molar-refractivity contribution in [2.24, 2.45) is 11.7 Å². The number of nitrogens with one attached hydrogen (secondary N) is 1. The molecule has 1 unspecified atom stereocenters. The summed E-state index contributed by atoms with van der Waals surface area (Å²) in [6.45, 7) is 6.33. The highest BCUT2D eigenvalue weighted by Gasteiger charge is 2.40. The van der Waals surface area contributed by atoms with Crippen molar-refractivity contribution in [1.82, 2.24) is 0 Å². The zero-order valence-corrected chi connectivity index (χ0v) is 12.8. The molecule has 0 aromatic heterocycles. The predicted octanol–water partition coefficient (Wildman–Crippen LogP) is 2.92. The number of nitro benzene ring substituents is 1. The summed E-state index contributed by atoms with van der Waals surface area (Å²) < 4.78 is 5.59. The van der Waals surface area contributed by atoms with Gasteiger partial charge in [0.1, 0.15) is 5.75 Å². The summed E-state index contributed by atoms with van der Waals surface area (Å²) in [7, 11) is 0. The number of hydrogen-bond acceptors (Lipinski definition) is 5. The van der Waals surface area contributed by atoms with E-state index in [1.807, 2.05) is 13.8 Å². The van der Waals surface area contributed by atoms with Crippen molar-refractivity contribution in [1.29, 1.82) is 0 Å². The summed E-state index contributed by atoms with van der Waals surface area (Å²) in [5.74, 6) is 1.02. The van der Waals surface area contributed by atoms with E-state index in [9.17, 15) is 10.1 Å². The van der Waals surface area contributed by atoms with Gasteiger partial charge in [0.25, 0.3) is 5.69 Å². The van der Waals surface area contributed by atoms with E-state index in [0.29, 0.717) is 23.9 Å². The Morgan fingerprint density at radius 3 is 2.62 bits per heavy atom. The third kappa shape index (κ3) is 3.85. The van der Waals surface area contributed by atoms with Crippen LogP contribution in [0.2, 0.25) is 0 Å². The fourth-order valence-corrected chi connectivity index (χ4v) is 2.47. The molecule has 0 bridgehead atoms. The molecule has 0 heterocycles. The Morgan fingerprint density at radius 1 is 1.48 bits per heavy atom. The van der Waals surface area contributed by atoms with Crippen molar-refractivity contribution >= 4 is 11.4 Å². The van der Waals surface area contributed by atoms with Gasteiger partial charge in [-0.2, -0.15) is 0 Å². The molecule has 0 saturated heterocycles. The molecule has 6 nitrogen and oxygen atoms in total. The highest BCUT2D eigenvalue weighted by Crippen LogP contribution is 2.41. The summed E-state index contributed by atoms with van der Waals surface area (Å²) in [5.41, 5.74) is 6.35. The molecule has 0 spiro atoms. The van der Waals surface area contributed by atoms with Crippen molar-refractivity contribution in [3.8, 4) is 5.75 Å². The standard InChI is InChI=1S/C15H23N3O3/c1-10(2)21-14-7-12(6-13(8-14)18(19)20)17-15(3,9-16)11-4-5-11/h6-8,10-11,17H,4-5,9,16H2,1-3H3. The quantitative estimate of drug-likeness (QED) is 0.596. The van der Waals surface area contributed by atoms with Gasteiger partial charge in [0.05, 0.1) is 17.1 Å². The third-order valence-corrected chi connectivity index (χ3v) is 3.81. The Bertz CT molecular complexity index is 529. The summed E-state index contributed by atoms with van der Waals surface area (Å²) >= 11 is 0. The van der Waals surface area contributed by atoms with E-state index in [1.54, 1.807) is 6.07 Å². The Labute approximate surface area is 124 Å². The molecule has 0 aliphatic heterocycles. The molecular formula is C15H23N3O3. The molecule has 0 amide bonds. The third-order valence-electron chi connectivity index (χ3n) is 3.81. The lowest BCUT2D eigenvalue weighted by atomic mass is 9.95. The molecule has 2 rings (SSSR count). The number of nitro groups is 1. The van der Waals surface area contributed by atoms with Gasteiger partial charge in [0.15, 0.2) is 0 Å². The smallest absolute Gasteiger partial charge is 0.275 e. The Kier molecular flexibility index (Phi) is 4.37. The highest BCUT2D eigenvalue weighted by atomic mass is 16.6. The van der Waals surface area contributed by atoms with E-state index in [0.717, 1.165) is 12.8 Å². The van der Waals surface area contributed by atoms with E-state index in [2.05, 4.69) is 12.2 Å². The molecule has 1 aliphatic carbocycles. The molecule has 1 aliphatic rings. The first-order valence-corrected chi connectivity index (χ1v) is 7.28. The number of anilines is 1. The minimum absolute atomic E-state index is 0.0193. The maximum atomic E-state index is 11.1. The van der Waals surface area contributed by atoms with E-state index in [-0.39, 0.29) is 17.3 Å². The lowest BCUT2D eigenvalue weighted by molar-refractivity contribution is -0.384. The molecule has 3 N–H and O–H groups in total. The normalized spacial score (nSPS) is 17.4. The maximum absolute atomic E-state index is 11.1. The summed E-state index contributed by atoms with van der Waals surface area (Å²) in [5, 5.41) is 14.4. The molecule has 21 heavy (non-hydrogen) atoms. The van der Waals surface area contributed by atoms with Gasteiger partial charge in [0, 0.05) is 29.9 Å². The molecule has 1 aromatic carbocycles. The van der Waals surface area contributed by atoms with Crippen molar-refractivity contribution < 1.29 is 9.66 Å². The van der Waals surface area contributed by atoms with Gasteiger partial charge in [-0.05, 0) is 39.5 Å². The monoisotopic (exact) mass is 293 g/mol. The number of rotatable bonds is 7. The van der Waals surface area contributed by atoms with Crippen LogP contribution in [0.4, 0.5) is 11.4 Å². The number of ether oxygens (including phenoxy) is 1. The molecule has 1 aromatic rings. The van der Waals surface area contributed by atoms with Gasteiger partial charge in [-0.15, -0.1) is 0 Å². The van der Waals surface area contributed by atoms with Crippen LogP contribution < -0.4 is 15.8 Å². The number of nitrogens with zero attached hydrogens (tertiary/aromatic N) is 1. The molecule has 0 radical (unpaired) electrons. The first kappa shape index (κ1) is 15.6. The minimum atomic E-state index is -0.407. The van der Waals surface area contributed by atoms with Crippen LogP contribution in [0, 0.1) is 16.0 Å². The van der Waals surface area contributed by atoms with E-state index in [1.165, 1.54) is 12.1 Å². The van der Waals surface area contributed by atoms with Gasteiger partial charge in [-0.25, -0.2) is 0 Å². The summed E-state index contributed by atoms with van der Waals surface area (Å²) in [4.78, 5) is 10.7. The van der Waals surface area contributed by atoms with Crippen molar-refractivity contribution in [3.63, 3.8) is 0 Å². The van der Waals surface area contributed by atoms with Crippen LogP contribution in [0.25, 0.3) is 0 Å². The van der Waals surface area contributed by atoms with E-state index in [4.69, 9.17) is 10.5 Å². The Morgan fingerprint density at radius 2 is 2.14 bits per heavy atom. The van der Waals surface area contributed by atoms with Crippen molar-refractivity contribution in [3.05, 3.63) is 28.3 Å². The molecule has 6 heteroatoms. The molecule has 1 fully saturated rings. The number of benzene rings is 1. The second kappa shape index (κ2) is 5.89. The minimum Gasteiger partial charge on any atom is -0.491 e. The van der Waals surface area contributed by atoms with Crippen LogP contribution in [0.5, 0.6) is 5.75 Å². The van der Waals surface area contributed by atoms with Gasteiger partial charge in [-0.1, -0.05) is 0 Å². The highest BCUT2D eigenvalue weighted by molar-refractivity contribution is 5.58. The summed E-state index contributed by atoms with van der Waals surface area (Å²) in [6, 6.07) is 4.77. The average Bonchev–Trinajstić information content (AvgIpc) is 3.21. The molecular weight excluding hydrogens is 270 g/mol. The second-order valence-electron chi connectivity index (χ2n) is 6.16. The Balaban J connectivity index is 2.28. The SMILES string of the molecule is CC(C)Oc1cc(NC(C)(CN)C2CC2)cc([N+](=O)[O-])c1. The first-order chi connectivity index (χ1) is 9.84. The van der Waals surface area contributed by atoms with E-state index < -0.39 is 4.92 Å². The molecule has 1 saturated carbocycles. The fraction of sp³-hybridized carbons (Fsp3) is 0.600. The topological polar surface area (TPSA) is 90.4 Å². The van der Waals surface area contributed by atoms with Crippen LogP contribution in [0.1, 0.15) is 33.6 Å². The predicted molar refractivity (Wildman–Crippen MR) is 82.7 cm³/mol. The maximum Gasteiger partial charge on any atom is 0.275 e. The lowest BCUT2D eigenvalue weighted by Gasteiger charge is -2.31. The zero-order valence-electron chi connectivity index (χ0n) is 12.8. The van der Waals surface area contributed by atoms with E-state index >= 15 is 0 Å². The Hall–Kier alpha value is -1.82. The number of nitrogens with two attached hydrogens (primary N) is 1. The largest absolute Gasteiger partial charge is 0.491 e. The lowest BCUT2D eigenvalue weighted by Crippen LogP contribution is -2.44. The zero-order chi connectivity index (χ0) is 15.6. The fourth-order valence-electron chi connectivity index (χ4n) is 2.47. The number of non-ortho nitro benzene ring substituents is 1. The van der Waals surface area contributed by atoms with Gasteiger partial charge >= 0.3 is 0 Å². The molecule has 116 valence electrons. The second-order valence-corrected chi connectivity index (χ2v) is 6.16. The molecule has 1 atom stereocenters. The van der Waals surface area contributed by atoms with Crippen molar-refractivity contribution in [2.45, 2.75) is 45.3 Å². The first-order valence-electron chi connectivity index (χ1n) is 7.28. The van der Waals surface area contributed by atoms with Crippen LogP contribution in [0.15, 0.2) is 18.2 Å². The summed E-state index contributed by atoms with van der Waals surface area (Å²) in [6.07, 6.45) is 2.25. The van der Waals surface area contributed by atoms with Gasteiger partial charge < -0.3 is 15.8 Å². The van der Waals surface area contributed by atoms with Gasteiger partial charge in [-0.3, -0.25) is 10.1 Å². The van der Waals surface area contributed by atoms with Gasteiger partial charge in [0.2, 0.25) is 0 Å². The number of hydrogen-bond donors (Lipinski definition) is 2. The van der Waals surface area contributed by atoms with Crippen LogP contribution in [0.3, 0.4) is 0 Å². The average molecular weight is 293 g/mol. The van der Waals surface area contributed by atoms with Crippen LogP contribution in [-0.4, -0.2) is 23.1 Å². The van der Waals surface area contributed by atoms with Crippen LogP contribution >= 0.6 is 0 Å². The van der Waals surface area contributed by atoms with Crippen molar-refractivity contribution in [2.75, 3.05) is 11.9 Å². The van der Waals surface area contributed by atoms with Crippen LogP contribution in [-0.2, 0) is 0 Å².